The molecule has 0 aliphatic heterocycles. The number of hydrogen-bond acceptors (Lipinski definition) is 4. The zero-order valence-electron chi connectivity index (χ0n) is 10.4. The van der Waals surface area contributed by atoms with E-state index in [9.17, 15) is 9.59 Å². The standard InChI is InChI=1S/C11H17N3O3S/c1-7(3-10(15)16)4-13-11(17)14-6-9-12-5-8(2)18-9/h5,7H,3-4,6H2,1-2H3,(H,15,16)(H2,13,14,17). The first-order valence-electron chi connectivity index (χ1n) is 5.62. The van der Waals surface area contributed by atoms with Crippen molar-refractivity contribution in [2.24, 2.45) is 5.92 Å². The van der Waals surface area contributed by atoms with Crippen molar-refractivity contribution in [2.45, 2.75) is 26.8 Å². The second kappa shape index (κ2) is 6.95. The second-order valence-corrected chi connectivity index (χ2v) is 5.45. The van der Waals surface area contributed by atoms with Crippen LogP contribution in [-0.4, -0.2) is 28.6 Å². The van der Waals surface area contributed by atoms with Gasteiger partial charge in [0.1, 0.15) is 5.01 Å². The molecule has 0 bridgehead atoms. The molecule has 18 heavy (non-hydrogen) atoms. The number of nitrogens with one attached hydrogen (secondary N) is 2. The highest BCUT2D eigenvalue weighted by Gasteiger charge is 2.09. The minimum absolute atomic E-state index is 0.0476. The van der Waals surface area contributed by atoms with Gasteiger partial charge in [0.05, 0.1) is 6.54 Å². The van der Waals surface area contributed by atoms with Gasteiger partial charge in [-0.2, -0.15) is 0 Å². The maximum atomic E-state index is 11.4. The van der Waals surface area contributed by atoms with Gasteiger partial charge in [-0.15, -0.1) is 11.3 Å². The predicted octanol–water partition coefficient (Wildman–Crippen LogP) is 1.36. The van der Waals surface area contributed by atoms with Gasteiger partial charge in [-0.3, -0.25) is 4.79 Å². The summed E-state index contributed by atoms with van der Waals surface area (Å²) >= 11 is 1.53. The Morgan fingerprint density at radius 3 is 2.78 bits per heavy atom. The number of nitrogens with zero attached hydrogens (tertiary/aromatic N) is 1. The van der Waals surface area contributed by atoms with E-state index in [4.69, 9.17) is 5.11 Å². The summed E-state index contributed by atoms with van der Waals surface area (Å²) in [4.78, 5) is 27.1. The third kappa shape index (κ3) is 5.62. The minimum atomic E-state index is -0.858. The van der Waals surface area contributed by atoms with E-state index in [2.05, 4.69) is 15.6 Å². The number of urea groups is 1. The third-order valence-corrected chi connectivity index (χ3v) is 3.12. The third-order valence-electron chi connectivity index (χ3n) is 2.20. The maximum Gasteiger partial charge on any atom is 0.315 e. The van der Waals surface area contributed by atoms with Crippen LogP contribution in [0.1, 0.15) is 23.2 Å². The molecule has 6 nitrogen and oxygen atoms in total. The number of aryl methyl sites for hydroxylation is 1. The zero-order chi connectivity index (χ0) is 13.5. The van der Waals surface area contributed by atoms with Crippen LogP contribution in [0.3, 0.4) is 0 Å². The molecule has 0 radical (unpaired) electrons. The van der Waals surface area contributed by atoms with Gasteiger partial charge in [0.15, 0.2) is 0 Å². The van der Waals surface area contributed by atoms with E-state index < -0.39 is 5.97 Å². The molecule has 0 saturated heterocycles. The van der Waals surface area contributed by atoms with Crippen LogP contribution in [0.15, 0.2) is 6.20 Å². The Balaban J connectivity index is 2.19. The summed E-state index contributed by atoms with van der Waals surface area (Å²) in [7, 11) is 0. The van der Waals surface area contributed by atoms with Crippen LogP contribution >= 0.6 is 11.3 Å². The topological polar surface area (TPSA) is 91.3 Å². The Morgan fingerprint density at radius 1 is 1.50 bits per heavy atom. The van der Waals surface area contributed by atoms with Crippen LogP contribution in [0, 0.1) is 12.8 Å². The highest BCUT2D eigenvalue weighted by Crippen LogP contribution is 2.10. The van der Waals surface area contributed by atoms with E-state index in [1.54, 1.807) is 13.1 Å². The molecule has 0 fully saturated rings. The van der Waals surface area contributed by atoms with Crippen LogP contribution in [0.4, 0.5) is 4.79 Å². The summed E-state index contributed by atoms with van der Waals surface area (Å²) in [5.74, 6) is -0.946. The van der Waals surface area contributed by atoms with Gasteiger partial charge < -0.3 is 15.7 Å². The lowest BCUT2D eigenvalue weighted by molar-refractivity contribution is -0.137. The average molecular weight is 271 g/mol. The fourth-order valence-electron chi connectivity index (χ4n) is 1.34. The number of carbonyl (C=O) groups excluding carboxylic acids is 1. The van der Waals surface area contributed by atoms with Gasteiger partial charge >= 0.3 is 12.0 Å². The summed E-state index contributed by atoms with van der Waals surface area (Å²) < 4.78 is 0. The molecular formula is C11H17N3O3S. The van der Waals surface area contributed by atoms with Crippen LogP contribution < -0.4 is 10.6 Å². The zero-order valence-corrected chi connectivity index (χ0v) is 11.2. The van der Waals surface area contributed by atoms with E-state index in [1.807, 2.05) is 6.92 Å². The molecule has 1 rings (SSSR count). The highest BCUT2D eigenvalue weighted by molar-refractivity contribution is 7.11. The normalized spacial score (nSPS) is 11.9. The summed E-state index contributed by atoms with van der Waals surface area (Å²) in [6.45, 7) is 4.46. The number of aromatic nitrogens is 1. The molecule has 1 heterocycles. The molecular weight excluding hydrogens is 254 g/mol. The first-order valence-corrected chi connectivity index (χ1v) is 6.44. The first-order chi connectivity index (χ1) is 8.47. The van der Waals surface area contributed by atoms with Gasteiger partial charge in [0, 0.05) is 24.0 Å². The molecule has 2 amide bonds. The highest BCUT2D eigenvalue weighted by atomic mass is 32.1. The number of amides is 2. The van der Waals surface area contributed by atoms with Crippen molar-refractivity contribution in [1.29, 1.82) is 0 Å². The molecule has 1 aromatic heterocycles. The van der Waals surface area contributed by atoms with E-state index in [0.717, 1.165) is 9.88 Å². The van der Waals surface area contributed by atoms with Gasteiger partial charge in [-0.05, 0) is 12.8 Å². The van der Waals surface area contributed by atoms with Crippen molar-refractivity contribution in [2.75, 3.05) is 6.54 Å². The molecule has 1 aromatic rings. The van der Waals surface area contributed by atoms with Crippen LogP contribution in [0.5, 0.6) is 0 Å². The van der Waals surface area contributed by atoms with Crippen molar-refractivity contribution in [3.05, 3.63) is 16.1 Å². The Bertz CT molecular complexity index is 419. The Hall–Kier alpha value is -1.63. The lowest BCUT2D eigenvalue weighted by Crippen LogP contribution is -2.37. The van der Waals surface area contributed by atoms with Crippen molar-refractivity contribution in [1.82, 2.24) is 15.6 Å². The number of carboxylic acids is 1. The molecule has 0 aliphatic rings. The van der Waals surface area contributed by atoms with Gasteiger partial charge in [0.25, 0.3) is 0 Å². The molecule has 0 spiro atoms. The molecule has 7 heteroatoms. The summed E-state index contributed by atoms with van der Waals surface area (Å²) in [6.07, 6.45) is 1.81. The number of carbonyl (C=O) groups is 2. The molecule has 3 N–H and O–H groups in total. The van der Waals surface area contributed by atoms with Crippen molar-refractivity contribution >= 4 is 23.3 Å². The summed E-state index contributed by atoms with van der Waals surface area (Å²) in [5, 5.41) is 14.7. The van der Waals surface area contributed by atoms with Crippen LogP contribution in [0.25, 0.3) is 0 Å². The van der Waals surface area contributed by atoms with Crippen LogP contribution in [0.2, 0.25) is 0 Å². The second-order valence-electron chi connectivity index (χ2n) is 4.13. The molecule has 0 aliphatic carbocycles. The lowest BCUT2D eigenvalue weighted by Gasteiger charge is -2.10. The molecule has 1 atom stereocenters. The summed E-state index contributed by atoms with van der Waals surface area (Å²) in [5.41, 5.74) is 0. The number of hydrogen-bond donors (Lipinski definition) is 3. The minimum Gasteiger partial charge on any atom is -0.481 e. The quantitative estimate of drug-likeness (QED) is 0.728. The molecule has 0 aromatic carbocycles. The summed E-state index contributed by atoms with van der Waals surface area (Å²) in [6, 6.07) is -0.305. The SMILES string of the molecule is Cc1cnc(CNC(=O)NCC(C)CC(=O)O)s1. The monoisotopic (exact) mass is 271 g/mol. The van der Waals surface area contributed by atoms with Crippen molar-refractivity contribution in [3.8, 4) is 0 Å². The molecule has 0 saturated carbocycles. The van der Waals surface area contributed by atoms with Gasteiger partial charge in [-0.25, -0.2) is 9.78 Å². The Kier molecular flexibility index (Phi) is 5.57. The van der Waals surface area contributed by atoms with Crippen molar-refractivity contribution < 1.29 is 14.7 Å². The molecule has 1 unspecified atom stereocenters. The van der Waals surface area contributed by atoms with E-state index in [-0.39, 0.29) is 18.4 Å². The fourth-order valence-corrected chi connectivity index (χ4v) is 2.07. The smallest absolute Gasteiger partial charge is 0.315 e. The van der Waals surface area contributed by atoms with Gasteiger partial charge in [-0.1, -0.05) is 6.92 Å². The Morgan fingerprint density at radius 2 is 2.22 bits per heavy atom. The molecule has 100 valence electrons. The first kappa shape index (κ1) is 14.4. The van der Waals surface area contributed by atoms with E-state index in [1.165, 1.54) is 11.3 Å². The van der Waals surface area contributed by atoms with Gasteiger partial charge in [0.2, 0.25) is 0 Å². The Labute approximate surface area is 109 Å². The number of carboxylic acid groups (broad SMARTS) is 1. The predicted molar refractivity (Wildman–Crippen MR) is 68.5 cm³/mol. The largest absolute Gasteiger partial charge is 0.481 e. The van der Waals surface area contributed by atoms with Crippen molar-refractivity contribution in [3.63, 3.8) is 0 Å². The maximum absolute atomic E-state index is 11.4. The number of rotatable bonds is 6. The lowest BCUT2D eigenvalue weighted by atomic mass is 10.1. The average Bonchev–Trinajstić information content (AvgIpc) is 2.69. The number of thiazole rings is 1. The van der Waals surface area contributed by atoms with E-state index >= 15 is 0 Å². The number of aliphatic carboxylic acids is 1. The fraction of sp³-hybridized carbons (Fsp3) is 0.545. The van der Waals surface area contributed by atoms with E-state index in [0.29, 0.717) is 13.1 Å². The van der Waals surface area contributed by atoms with Crippen LogP contribution in [-0.2, 0) is 11.3 Å².